The zero-order chi connectivity index (χ0) is 13.0. The second-order valence-corrected chi connectivity index (χ2v) is 3.91. The van der Waals surface area contributed by atoms with Crippen LogP contribution in [0, 0.1) is 0 Å². The molecule has 2 rings (SSSR count). The number of rotatable bonds is 5. The summed E-state index contributed by atoms with van der Waals surface area (Å²) in [6.45, 7) is 0.963. The average molecular weight is 329 g/mol. The Hall–Kier alpha value is -1.69. The molecule has 0 amide bonds. The van der Waals surface area contributed by atoms with Crippen molar-refractivity contribution in [1.29, 1.82) is 0 Å². The van der Waals surface area contributed by atoms with Crippen molar-refractivity contribution in [2.24, 2.45) is 0 Å². The molecule has 0 radical (unpaired) electrons. The fourth-order valence-corrected chi connectivity index (χ4v) is 1.79. The Balaban J connectivity index is 0.00000180. The van der Waals surface area contributed by atoms with E-state index in [0.717, 1.165) is 0 Å². The third kappa shape index (κ3) is 3.64. The fraction of sp³-hybridized carbons (Fsp3) is 0.308. The van der Waals surface area contributed by atoms with E-state index in [0.29, 0.717) is 30.3 Å². The lowest BCUT2D eigenvalue weighted by atomic mass is 10.1. The first-order valence-electron chi connectivity index (χ1n) is 5.64. The van der Waals surface area contributed by atoms with Gasteiger partial charge in [0.15, 0.2) is 5.78 Å². The Bertz CT molecular complexity index is 477. The summed E-state index contributed by atoms with van der Waals surface area (Å²) >= 11 is 0. The van der Waals surface area contributed by atoms with Gasteiger partial charge in [-0.15, -0.1) is 17.0 Å². The molecule has 0 atom stereocenters. The van der Waals surface area contributed by atoms with Crippen LogP contribution < -0.4 is 14.8 Å². The standard InChI is InChI=1S/C13H16N2O3.BrH/c1-17-10-3-4-13(18-2)11(7-10)12(16)8-15-6-5-14-9-15;/h3-7,14H,8-9H2,1-2H3;1H. The molecule has 0 aromatic heterocycles. The summed E-state index contributed by atoms with van der Waals surface area (Å²) in [4.78, 5) is 14.1. The minimum absolute atomic E-state index is 0. The number of nitrogens with one attached hydrogen (secondary N) is 1. The third-order valence-corrected chi connectivity index (χ3v) is 2.75. The number of ether oxygens (including phenoxy) is 2. The van der Waals surface area contributed by atoms with Crippen molar-refractivity contribution in [3.8, 4) is 11.5 Å². The van der Waals surface area contributed by atoms with Crippen LogP contribution in [0.2, 0.25) is 0 Å². The second-order valence-electron chi connectivity index (χ2n) is 3.91. The van der Waals surface area contributed by atoms with Gasteiger partial charge in [-0.2, -0.15) is 0 Å². The molecule has 0 saturated heterocycles. The van der Waals surface area contributed by atoms with Crippen molar-refractivity contribution in [3.05, 3.63) is 36.2 Å². The number of Topliss-reactive ketones (excluding diaryl/α,β-unsaturated/α-hetero) is 1. The lowest BCUT2D eigenvalue weighted by Gasteiger charge is -2.15. The highest BCUT2D eigenvalue weighted by molar-refractivity contribution is 8.93. The lowest BCUT2D eigenvalue weighted by Crippen LogP contribution is -2.27. The molecular weight excluding hydrogens is 312 g/mol. The van der Waals surface area contributed by atoms with Gasteiger partial charge in [-0.25, -0.2) is 0 Å². The van der Waals surface area contributed by atoms with Crippen LogP contribution in [0.1, 0.15) is 10.4 Å². The van der Waals surface area contributed by atoms with Crippen molar-refractivity contribution in [2.75, 3.05) is 27.4 Å². The molecule has 1 heterocycles. The Labute approximate surface area is 123 Å². The molecule has 5 nitrogen and oxygen atoms in total. The van der Waals surface area contributed by atoms with Crippen LogP contribution in [0.4, 0.5) is 0 Å². The number of carbonyl (C=O) groups excluding carboxylic acids is 1. The normalized spacial score (nSPS) is 12.6. The lowest BCUT2D eigenvalue weighted by molar-refractivity contribution is 0.0954. The average Bonchev–Trinajstić information content (AvgIpc) is 2.90. The van der Waals surface area contributed by atoms with Crippen LogP contribution in [0.25, 0.3) is 0 Å². The minimum Gasteiger partial charge on any atom is -0.497 e. The summed E-state index contributed by atoms with van der Waals surface area (Å²) in [7, 11) is 3.12. The minimum atomic E-state index is -0.000833. The molecule has 1 aliphatic rings. The number of hydrogen-bond donors (Lipinski definition) is 1. The predicted molar refractivity (Wildman–Crippen MR) is 78.0 cm³/mol. The number of methoxy groups -OCH3 is 2. The number of carbonyl (C=O) groups is 1. The molecule has 1 aromatic carbocycles. The van der Waals surface area contributed by atoms with Gasteiger partial charge in [-0.1, -0.05) is 0 Å². The predicted octanol–water partition coefficient (Wildman–Crippen LogP) is 1.80. The van der Waals surface area contributed by atoms with Gasteiger partial charge in [0.2, 0.25) is 0 Å². The zero-order valence-corrected chi connectivity index (χ0v) is 12.6. The van der Waals surface area contributed by atoms with E-state index in [-0.39, 0.29) is 22.8 Å². The topological polar surface area (TPSA) is 50.8 Å². The van der Waals surface area contributed by atoms with Gasteiger partial charge in [-0.3, -0.25) is 4.79 Å². The number of hydrogen-bond acceptors (Lipinski definition) is 5. The van der Waals surface area contributed by atoms with Crippen molar-refractivity contribution >= 4 is 22.8 Å². The molecule has 1 aromatic rings. The molecule has 104 valence electrons. The highest BCUT2D eigenvalue weighted by atomic mass is 79.9. The maximum atomic E-state index is 12.2. The Morgan fingerprint density at radius 3 is 2.74 bits per heavy atom. The van der Waals surface area contributed by atoms with Crippen LogP contribution >= 0.6 is 17.0 Å². The summed E-state index contributed by atoms with van der Waals surface area (Å²) in [5, 5.41) is 3.02. The van der Waals surface area contributed by atoms with Gasteiger partial charge in [0.25, 0.3) is 0 Å². The molecule has 0 bridgehead atoms. The summed E-state index contributed by atoms with van der Waals surface area (Å²) in [5.74, 6) is 1.21. The van der Waals surface area contributed by atoms with E-state index in [4.69, 9.17) is 9.47 Å². The SMILES string of the molecule is Br.COc1ccc(OC)c(C(=O)CN2C=CNC2)c1. The highest BCUT2D eigenvalue weighted by Crippen LogP contribution is 2.24. The van der Waals surface area contributed by atoms with E-state index < -0.39 is 0 Å². The van der Waals surface area contributed by atoms with Crippen molar-refractivity contribution in [1.82, 2.24) is 10.2 Å². The summed E-state index contributed by atoms with van der Waals surface area (Å²) in [6.07, 6.45) is 3.67. The maximum absolute atomic E-state index is 12.2. The Kier molecular flexibility index (Phi) is 5.69. The van der Waals surface area contributed by atoms with Gasteiger partial charge in [-0.05, 0) is 18.2 Å². The molecule has 1 aliphatic heterocycles. The quantitative estimate of drug-likeness (QED) is 0.835. The second kappa shape index (κ2) is 7.04. The number of benzene rings is 1. The van der Waals surface area contributed by atoms with E-state index in [2.05, 4.69) is 5.32 Å². The molecule has 6 heteroatoms. The van der Waals surface area contributed by atoms with Crippen LogP contribution in [0.3, 0.4) is 0 Å². The van der Waals surface area contributed by atoms with Gasteiger partial charge >= 0.3 is 0 Å². The van der Waals surface area contributed by atoms with Gasteiger partial charge in [0.05, 0.1) is 33.0 Å². The highest BCUT2D eigenvalue weighted by Gasteiger charge is 2.16. The molecule has 19 heavy (non-hydrogen) atoms. The van der Waals surface area contributed by atoms with E-state index >= 15 is 0 Å². The monoisotopic (exact) mass is 328 g/mol. The molecule has 0 saturated carbocycles. The third-order valence-electron chi connectivity index (χ3n) is 2.75. The van der Waals surface area contributed by atoms with Crippen LogP contribution in [0.5, 0.6) is 11.5 Å². The molecule has 1 N–H and O–H groups in total. The Morgan fingerprint density at radius 2 is 2.16 bits per heavy atom. The summed E-state index contributed by atoms with van der Waals surface area (Å²) in [6, 6.07) is 5.21. The van der Waals surface area contributed by atoms with Gasteiger partial charge in [0.1, 0.15) is 11.5 Å². The molecular formula is C13H17BrN2O3. The van der Waals surface area contributed by atoms with E-state index in [1.54, 1.807) is 32.4 Å². The van der Waals surface area contributed by atoms with E-state index in [1.165, 1.54) is 0 Å². The fourth-order valence-electron chi connectivity index (χ4n) is 1.79. The summed E-state index contributed by atoms with van der Waals surface area (Å²) < 4.78 is 10.3. The number of nitrogens with zero attached hydrogens (tertiary/aromatic N) is 1. The first kappa shape index (κ1) is 15.4. The van der Waals surface area contributed by atoms with E-state index in [1.807, 2.05) is 17.3 Å². The largest absolute Gasteiger partial charge is 0.497 e. The van der Waals surface area contributed by atoms with E-state index in [9.17, 15) is 4.79 Å². The zero-order valence-electron chi connectivity index (χ0n) is 10.9. The van der Waals surface area contributed by atoms with Crippen LogP contribution in [0.15, 0.2) is 30.6 Å². The maximum Gasteiger partial charge on any atom is 0.185 e. The number of halogens is 1. The first-order valence-corrected chi connectivity index (χ1v) is 5.64. The first-order chi connectivity index (χ1) is 8.74. The molecule has 0 spiro atoms. The van der Waals surface area contributed by atoms with Crippen LogP contribution in [-0.2, 0) is 0 Å². The van der Waals surface area contributed by atoms with Crippen molar-refractivity contribution < 1.29 is 14.3 Å². The van der Waals surface area contributed by atoms with Crippen LogP contribution in [-0.4, -0.2) is 38.1 Å². The van der Waals surface area contributed by atoms with Crippen molar-refractivity contribution in [2.45, 2.75) is 0 Å². The summed E-state index contributed by atoms with van der Waals surface area (Å²) in [5.41, 5.74) is 0.539. The van der Waals surface area contributed by atoms with Gasteiger partial charge in [0, 0.05) is 12.4 Å². The van der Waals surface area contributed by atoms with Gasteiger partial charge < -0.3 is 19.7 Å². The van der Waals surface area contributed by atoms with Crippen molar-refractivity contribution in [3.63, 3.8) is 0 Å². The Morgan fingerprint density at radius 1 is 1.37 bits per heavy atom. The molecule has 0 fully saturated rings. The molecule has 0 unspecified atom stereocenters. The molecule has 0 aliphatic carbocycles. The number of ketones is 1. The smallest absolute Gasteiger partial charge is 0.185 e.